The number of rotatable bonds is 4. The number of sulfonamides is 1. The fourth-order valence-electron chi connectivity index (χ4n) is 3.08. The van der Waals surface area contributed by atoms with Crippen molar-refractivity contribution in [2.24, 2.45) is 7.05 Å². The van der Waals surface area contributed by atoms with Crippen LogP contribution in [0.1, 0.15) is 43.1 Å². The molecule has 0 radical (unpaired) electrons. The Morgan fingerprint density at radius 1 is 1.27 bits per heavy atom. The largest absolute Gasteiger partial charge is 0.339 e. The molecule has 0 bridgehead atoms. The first kappa shape index (κ1) is 16.8. The first-order valence-corrected chi connectivity index (χ1v) is 9.75. The van der Waals surface area contributed by atoms with Crippen LogP contribution in [0.2, 0.25) is 0 Å². The van der Waals surface area contributed by atoms with Gasteiger partial charge in [-0.3, -0.25) is 4.31 Å². The predicted molar refractivity (Wildman–Crippen MR) is 94.1 cm³/mol. The lowest BCUT2D eigenvalue weighted by atomic mass is 10.1. The van der Waals surface area contributed by atoms with Gasteiger partial charge >= 0.3 is 0 Å². The molecule has 2 aromatic heterocycles. The second kappa shape index (κ2) is 5.94. The Morgan fingerprint density at radius 2 is 2.04 bits per heavy atom. The molecule has 26 heavy (non-hydrogen) atoms. The van der Waals surface area contributed by atoms with Crippen molar-refractivity contribution < 1.29 is 12.9 Å². The van der Waals surface area contributed by atoms with Crippen LogP contribution in [0.3, 0.4) is 0 Å². The topological polar surface area (TPSA) is 94.1 Å². The van der Waals surface area contributed by atoms with E-state index in [4.69, 9.17) is 4.52 Å². The molecule has 1 atom stereocenters. The summed E-state index contributed by atoms with van der Waals surface area (Å²) in [4.78, 5) is 8.46. The van der Waals surface area contributed by atoms with Crippen LogP contribution in [0.25, 0.3) is 0 Å². The molecular formula is C17H19N5O3S. The van der Waals surface area contributed by atoms with E-state index >= 15 is 0 Å². The van der Waals surface area contributed by atoms with Crippen LogP contribution in [0.4, 0.5) is 5.69 Å². The van der Waals surface area contributed by atoms with Crippen LogP contribution < -0.4 is 4.31 Å². The Balaban J connectivity index is 1.84. The molecule has 136 valence electrons. The van der Waals surface area contributed by atoms with Gasteiger partial charge in [-0.25, -0.2) is 4.98 Å². The van der Waals surface area contributed by atoms with Gasteiger partial charge in [0.2, 0.25) is 0 Å². The molecule has 0 aliphatic carbocycles. The smallest absolute Gasteiger partial charge is 0.284 e. The van der Waals surface area contributed by atoms with E-state index in [1.54, 1.807) is 17.7 Å². The second-order valence-corrected chi connectivity index (χ2v) is 8.43. The van der Waals surface area contributed by atoms with Gasteiger partial charge in [0.15, 0.2) is 10.9 Å². The van der Waals surface area contributed by atoms with Crippen molar-refractivity contribution in [1.82, 2.24) is 19.7 Å². The predicted octanol–water partition coefficient (Wildman–Crippen LogP) is 2.42. The number of imidazole rings is 1. The van der Waals surface area contributed by atoms with E-state index < -0.39 is 16.1 Å². The average Bonchev–Trinajstić information content (AvgIpc) is 3.31. The lowest BCUT2D eigenvalue weighted by Gasteiger charge is -2.23. The summed E-state index contributed by atoms with van der Waals surface area (Å²) in [7, 11) is -2.14. The zero-order valence-corrected chi connectivity index (χ0v) is 15.5. The van der Waals surface area contributed by atoms with Gasteiger partial charge in [0.1, 0.15) is 6.04 Å². The van der Waals surface area contributed by atoms with Gasteiger partial charge in [-0.05, 0) is 11.6 Å². The quantitative estimate of drug-likeness (QED) is 0.697. The molecule has 1 aliphatic rings. The van der Waals surface area contributed by atoms with Gasteiger partial charge in [0, 0.05) is 25.6 Å². The maximum atomic E-state index is 13.3. The molecule has 0 N–H and O–H groups in total. The number of aryl methyl sites for hydroxylation is 1. The minimum Gasteiger partial charge on any atom is -0.339 e. The number of fused-ring (bicyclic) bond motifs is 1. The van der Waals surface area contributed by atoms with E-state index in [1.165, 1.54) is 16.8 Å². The minimum absolute atomic E-state index is 0.00898. The SMILES string of the molecule is CC(C)c1noc(C2Cc3ccccc3N2S(=O)(=O)c2cn(C)cn2)n1. The molecule has 1 unspecified atom stereocenters. The highest BCUT2D eigenvalue weighted by molar-refractivity contribution is 7.92. The van der Waals surface area contributed by atoms with Crippen LogP contribution in [-0.4, -0.2) is 28.1 Å². The summed E-state index contributed by atoms with van der Waals surface area (Å²) in [5, 5.41) is 3.98. The zero-order valence-electron chi connectivity index (χ0n) is 14.7. The molecule has 4 rings (SSSR count). The fourth-order valence-corrected chi connectivity index (χ4v) is 4.70. The fraction of sp³-hybridized carbons (Fsp3) is 0.353. The summed E-state index contributed by atoms with van der Waals surface area (Å²) in [5.74, 6) is 0.952. The van der Waals surface area contributed by atoms with Gasteiger partial charge < -0.3 is 9.09 Å². The summed E-state index contributed by atoms with van der Waals surface area (Å²) in [6.45, 7) is 3.92. The molecule has 0 amide bonds. The molecule has 1 aliphatic heterocycles. The third kappa shape index (κ3) is 2.59. The summed E-state index contributed by atoms with van der Waals surface area (Å²) in [6, 6.07) is 6.82. The number of hydrogen-bond acceptors (Lipinski definition) is 6. The summed E-state index contributed by atoms with van der Waals surface area (Å²) in [6.07, 6.45) is 3.43. The summed E-state index contributed by atoms with van der Waals surface area (Å²) in [5.41, 5.74) is 1.54. The van der Waals surface area contributed by atoms with Gasteiger partial charge in [0.05, 0.1) is 12.0 Å². The third-order valence-electron chi connectivity index (χ3n) is 4.39. The molecule has 1 aromatic carbocycles. The van der Waals surface area contributed by atoms with Crippen molar-refractivity contribution in [2.75, 3.05) is 4.31 Å². The number of nitrogens with zero attached hydrogens (tertiary/aromatic N) is 5. The highest BCUT2D eigenvalue weighted by Gasteiger charge is 2.43. The highest BCUT2D eigenvalue weighted by atomic mass is 32.2. The normalized spacial score (nSPS) is 17.1. The molecule has 9 heteroatoms. The van der Waals surface area contributed by atoms with E-state index in [1.807, 2.05) is 32.0 Å². The third-order valence-corrected chi connectivity index (χ3v) is 6.10. The Labute approximate surface area is 151 Å². The average molecular weight is 373 g/mol. The van der Waals surface area contributed by atoms with Crippen LogP contribution in [0.5, 0.6) is 0 Å². The van der Waals surface area contributed by atoms with E-state index in [0.29, 0.717) is 23.8 Å². The number of anilines is 1. The lowest BCUT2D eigenvalue weighted by Crippen LogP contribution is -2.32. The van der Waals surface area contributed by atoms with Crippen molar-refractivity contribution in [3.63, 3.8) is 0 Å². The van der Waals surface area contributed by atoms with Crippen LogP contribution in [0.15, 0.2) is 46.3 Å². The number of hydrogen-bond donors (Lipinski definition) is 0. The highest BCUT2D eigenvalue weighted by Crippen LogP contribution is 2.43. The minimum atomic E-state index is -3.87. The Morgan fingerprint density at radius 3 is 2.69 bits per heavy atom. The van der Waals surface area contributed by atoms with E-state index in [9.17, 15) is 8.42 Å². The summed E-state index contributed by atoms with van der Waals surface area (Å²) < 4.78 is 35.0. The number of aromatic nitrogens is 4. The van der Waals surface area contributed by atoms with Gasteiger partial charge in [-0.2, -0.15) is 13.4 Å². The van der Waals surface area contributed by atoms with E-state index in [0.717, 1.165) is 5.56 Å². The Kier molecular flexibility index (Phi) is 3.83. The van der Waals surface area contributed by atoms with Crippen molar-refractivity contribution in [2.45, 2.75) is 37.3 Å². The zero-order chi connectivity index (χ0) is 18.5. The maximum Gasteiger partial charge on any atom is 0.284 e. The van der Waals surface area contributed by atoms with Gasteiger partial charge in [-0.1, -0.05) is 37.2 Å². The first-order valence-electron chi connectivity index (χ1n) is 8.31. The second-order valence-electron chi connectivity index (χ2n) is 6.67. The summed E-state index contributed by atoms with van der Waals surface area (Å²) >= 11 is 0. The number of benzene rings is 1. The van der Waals surface area contributed by atoms with Gasteiger partial charge in [0.25, 0.3) is 15.9 Å². The Bertz CT molecular complexity index is 1050. The van der Waals surface area contributed by atoms with Crippen LogP contribution in [0, 0.1) is 0 Å². The monoisotopic (exact) mass is 373 g/mol. The van der Waals surface area contributed by atoms with Crippen molar-refractivity contribution in [1.29, 1.82) is 0 Å². The van der Waals surface area contributed by atoms with Crippen molar-refractivity contribution >= 4 is 15.7 Å². The van der Waals surface area contributed by atoms with E-state index in [2.05, 4.69) is 15.1 Å². The maximum absolute atomic E-state index is 13.3. The van der Waals surface area contributed by atoms with Crippen molar-refractivity contribution in [3.05, 3.63) is 54.1 Å². The molecule has 0 saturated heterocycles. The molecule has 8 nitrogen and oxygen atoms in total. The molecule has 3 heterocycles. The molecular weight excluding hydrogens is 354 g/mol. The number of para-hydroxylation sites is 1. The molecule has 0 saturated carbocycles. The first-order chi connectivity index (χ1) is 12.4. The molecule has 0 fully saturated rings. The van der Waals surface area contributed by atoms with E-state index in [-0.39, 0.29) is 10.9 Å². The van der Waals surface area contributed by atoms with Crippen LogP contribution in [-0.2, 0) is 23.5 Å². The lowest BCUT2D eigenvalue weighted by molar-refractivity contribution is 0.352. The molecule has 3 aromatic rings. The van der Waals surface area contributed by atoms with Crippen molar-refractivity contribution in [3.8, 4) is 0 Å². The Hall–Kier alpha value is -2.68. The van der Waals surface area contributed by atoms with Gasteiger partial charge in [-0.15, -0.1) is 0 Å². The van der Waals surface area contributed by atoms with Crippen LogP contribution >= 0.6 is 0 Å². The molecule has 0 spiro atoms. The standard InChI is InChI=1S/C17H19N5O3S/c1-11(2)16-19-17(25-20-16)14-8-12-6-4-5-7-13(12)22(14)26(23,24)15-9-21(3)10-18-15/h4-7,9-11,14H,8H2,1-3H3.